The molecular formula is C43H23F9N4. The largest absolute Gasteiger partial charge is 0.417 e. The maximum absolute atomic E-state index is 15.0. The highest BCUT2D eigenvalue weighted by molar-refractivity contribution is 6.12. The second-order valence-corrected chi connectivity index (χ2v) is 13.5. The molecule has 0 bridgehead atoms. The van der Waals surface area contributed by atoms with Gasteiger partial charge in [0, 0.05) is 27.1 Å². The predicted molar refractivity (Wildman–Crippen MR) is 194 cm³/mol. The van der Waals surface area contributed by atoms with Crippen LogP contribution in [0.4, 0.5) is 39.5 Å². The van der Waals surface area contributed by atoms with Crippen molar-refractivity contribution >= 4 is 43.6 Å². The van der Waals surface area contributed by atoms with Gasteiger partial charge in [-0.1, -0.05) is 29.3 Å². The Bertz CT molecular complexity index is 2910. The Hall–Kier alpha value is -6.73. The second-order valence-electron chi connectivity index (χ2n) is 13.5. The van der Waals surface area contributed by atoms with Crippen molar-refractivity contribution in [2.24, 2.45) is 0 Å². The molecule has 0 spiro atoms. The number of nitrogens with zero attached hydrogens (tertiary/aromatic N) is 4. The zero-order valence-corrected chi connectivity index (χ0v) is 29.0. The molecule has 0 N–H and O–H groups in total. The van der Waals surface area contributed by atoms with Crippen LogP contribution in [0.15, 0.2) is 103 Å². The van der Waals surface area contributed by atoms with Crippen LogP contribution in [-0.4, -0.2) is 9.13 Å². The summed E-state index contributed by atoms with van der Waals surface area (Å²) in [5.74, 6) is 0. The first-order valence-corrected chi connectivity index (χ1v) is 16.8. The SMILES string of the molecule is Cc1ccc2c(c1)c1cc(C)ccc1n2-c1cc(C#N)c(-n2c3ccc(C(F)(F)F)cc3c3cc(C(F)(F)F)ccc32)cc1-c1ccc(C#N)cc1C(F)(F)F. The standard InChI is InChI=1S/C43H23F9N4/c1-22-3-9-35-29(13-22)30-14-23(2)4-10-36(30)56(35)40-16-25(21-54)39(19-33(40)28-8-5-24(20-53)15-34(28)43(50,51)52)55-37-11-6-26(41(44,45)46)17-31(37)32-18-27(42(47,48)49)7-12-38(32)55/h3-19H,1-2H3. The molecule has 0 saturated carbocycles. The fourth-order valence-electron chi connectivity index (χ4n) is 7.48. The van der Waals surface area contributed by atoms with Crippen molar-refractivity contribution in [2.45, 2.75) is 32.4 Å². The molecule has 2 heterocycles. The molecule has 56 heavy (non-hydrogen) atoms. The predicted octanol–water partition coefficient (Wildman–Crippen LogP) is 13.0. The van der Waals surface area contributed by atoms with Crippen LogP contribution in [0.3, 0.4) is 0 Å². The number of hydrogen-bond donors (Lipinski definition) is 0. The molecule has 0 aliphatic carbocycles. The lowest BCUT2D eigenvalue weighted by Crippen LogP contribution is -2.10. The molecule has 8 rings (SSSR count). The van der Waals surface area contributed by atoms with Crippen LogP contribution >= 0.6 is 0 Å². The van der Waals surface area contributed by atoms with Gasteiger partial charge in [0.25, 0.3) is 0 Å². The molecule has 6 aromatic carbocycles. The lowest BCUT2D eigenvalue weighted by molar-refractivity contribution is -0.138. The molecule has 13 heteroatoms. The van der Waals surface area contributed by atoms with Crippen molar-refractivity contribution in [2.75, 3.05) is 0 Å². The number of halogens is 9. The number of rotatable bonds is 3. The summed E-state index contributed by atoms with van der Waals surface area (Å²) in [5, 5.41) is 21.4. The van der Waals surface area contributed by atoms with Crippen molar-refractivity contribution < 1.29 is 39.5 Å². The number of hydrogen-bond acceptors (Lipinski definition) is 2. The molecule has 4 nitrogen and oxygen atoms in total. The van der Waals surface area contributed by atoms with E-state index in [-0.39, 0.29) is 55.4 Å². The Kier molecular flexibility index (Phi) is 8.03. The number of nitriles is 2. The van der Waals surface area contributed by atoms with Gasteiger partial charge in [-0.05, 0) is 104 Å². The Labute approximate surface area is 311 Å². The first-order chi connectivity index (χ1) is 26.4. The highest BCUT2D eigenvalue weighted by atomic mass is 19.4. The normalized spacial score (nSPS) is 12.5. The van der Waals surface area contributed by atoms with Crippen molar-refractivity contribution in [1.82, 2.24) is 9.13 Å². The van der Waals surface area contributed by atoms with Gasteiger partial charge in [0.2, 0.25) is 0 Å². The van der Waals surface area contributed by atoms with E-state index in [0.29, 0.717) is 29.2 Å². The zero-order chi connectivity index (χ0) is 40.1. The van der Waals surface area contributed by atoms with Gasteiger partial charge in [-0.3, -0.25) is 0 Å². The minimum Gasteiger partial charge on any atom is -0.309 e. The highest BCUT2D eigenvalue weighted by Gasteiger charge is 2.36. The molecule has 0 saturated heterocycles. The van der Waals surface area contributed by atoms with Gasteiger partial charge in [-0.2, -0.15) is 50.0 Å². The van der Waals surface area contributed by atoms with Crippen LogP contribution < -0.4 is 0 Å². The molecule has 0 atom stereocenters. The molecule has 0 unspecified atom stereocenters. The molecule has 0 radical (unpaired) electrons. The average molecular weight is 767 g/mol. The lowest BCUT2D eigenvalue weighted by atomic mass is 9.93. The van der Waals surface area contributed by atoms with Gasteiger partial charge in [-0.15, -0.1) is 0 Å². The summed E-state index contributed by atoms with van der Waals surface area (Å²) >= 11 is 0. The molecule has 2 aromatic heterocycles. The monoisotopic (exact) mass is 766 g/mol. The summed E-state index contributed by atoms with van der Waals surface area (Å²) in [5.41, 5.74) is -1.35. The molecular weight excluding hydrogens is 743 g/mol. The first kappa shape index (κ1) is 36.3. The van der Waals surface area contributed by atoms with Crippen LogP contribution in [0.25, 0.3) is 66.1 Å². The smallest absolute Gasteiger partial charge is 0.309 e. The van der Waals surface area contributed by atoms with E-state index >= 15 is 0 Å². The van der Waals surface area contributed by atoms with E-state index in [2.05, 4.69) is 6.07 Å². The van der Waals surface area contributed by atoms with E-state index < -0.39 is 35.2 Å². The molecule has 0 aliphatic rings. The average Bonchev–Trinajstić information content (AvgIpc) is 3.64. The third-order valence-corrected chi connectivity index (χ3v) is 9.96. The topological polar surface area (TPSA) is 57.4 Å². The van der Waals surface area contributed by atoms with Crippen molar-refractivity contribution in [3.8, 4) is 34.6 Å². The Morgan fingerprint density at radius 3 is 1.36 bits per heavy atom. The minimum absolute atomic E-state index is 0.0267. The Morgan fingerprint density at radius 2 is 0.911 bits per heavy atom. The van der Waals surface area contributed by atoms with E-state index in [4.69, 9.17) is 0 Å². The van der Waals surface area contributed by atoms with Crippen LogP contribution in [-0.2, 0) is 18.5 Å². The molecule has 0 aliphatic heterocycles. The van der Waals surface area contributed by atoms with Crippen molar-refractivity contribution in [3.63, 3.8) is 0 Å². The van der Waals surface area contributed by atoms with E-state index in [1.807, 2.05) is 38.1 Å². The maximum atomic E-state index is 15.0. The van der Waals surface area contributed by atoms with Gasteiger partial charge in [0.05, 0.1) is 67.3 Å². The summed E-state index contributed by atoms with van der Waals surface area (Å²) in [6, 6.07) is 25.7. The van der Waals surface area contributed by atoms with E-state index in [9.17, 15) is 50.0 Å². The van der Waals surface area contributed by atoms with Gasteiger partial charge < -0.3 is 9.13 Å². The third-order valence-electron chi connectivity index (χ3n) is 9.96. The second kappa shape index (κ2) is 12.4. The van der Waals surface area contributed by atoms with E-state index in [1.54, 1.807) is 22.8 Å². The summed E-state index contributed by atoms with van der Waals surface area (Å²) in [6.07, 6.45) is -14.7. The quantitative estimate of drug-likeness (QED) is 0.168. The first-order valence-electron chi connectivity index (χ1n) is 16.8. The van der Waals surface area contributed by atoms with Crippen LogP contribution in [0.5, 0.6) is 0 Å². The fourth-order valence-corrected chi connectivity index (χ4v) is 7.48. The summed E-state index contributed by atoms with van der Waals surface area (Å²) in [6.45, 7) is 3.78. The highest BCUT2D eigenvalue weighted by Crippen LogP contribution is 2.46. The molecule has 278 valence electrons. The number of benzene rings is 6. The van der Waals surface area contributed by atoms with E-state index in [1.165, 1.54) is 22.8 Å². The van der Waals surface area contributed by atoms with Crippen molar-refractivity contribution in [3.05, 3.63) is 142 Å². The molecule has 0 fully saturated rings. The zero-order valence-electron chi connectivity index (χ0n) is 29.0. The van der Waals surface area contributed by atoms with Crippen LogP contribution in [0, 0.1) is 36.5 Å². The van der Waals surface area contributed by atoms with Gasteiger partial charge in [0.15, 0.2) is 0 Å². The lowest BCUT2D eigenvalue weighted by Gasteiger charge is -2.21. The number of aromatic nitrogens is 2. The van der Waals surface area contributed by atoms with Crippen LogP contribution in [0.1, 0.15) is 38.9 Å². The van der Waals surface area contributed by atoms with E-state index in [0.717, 1.165) is 52.2 Å². The van der Waals surface area contributed by atoms with Crippen molar-refractivity contribution in [1.29, 1.82) is 10.5 Å². The van der Waals surface area contributed by atoms with Gasteiger partial charge in [-0.25, -0.2) is 0 Å². The summed E-state index contributed by atoms with van der Waals surface area (Å²) in [7, 11) is 0. The minimum atomic E-state index is -4.99. The Balaban J connectivity index is 1.56. The molecule has 8 aromatic rings. The van der Waals surface area contributed by atoms with Gasteiger partial charge >= 0.3 is 18.5 Å². The molecule has 0 amide bonds. The number of fused-ring (bicyclic) bond motifs is 6. The summed E-state index contributed by atoms with van der Waals surface area (Å²) in [4.78, 5) is 0. The maximum Gasteiger partial charge on any atom is 0.417 e. The number of alkyl halides is 9. The summed E-state index contributed by atoms with van der Waals surface area (Å²) < 4.78 is 132. The Morgan fingerprint density at radius 1 is 0.446 bits per heavy atom. The van der Waals surface area contributed by atoms with Gasteiger partial charge in [0.1, 0.15) is 6.07 Å². The van der Waals surface area contributed by atoms with Crippen LogP contribution in [0.2, 0.25) is 0 Å². The fraction of sp³-hybridized carbons (Fsp3) is 0.116. The third kappa shape index (κ3) is 5.78. The number of aryl methyl sites for hydroxylation is 2.